The van der Waals surface area contributed by atoms with Crippen molar-refractivity contribution in [1.29, 1.82) is 0 Å². The highest BCUT2D eigenvalue weighted by molar-refractivity contribution is 7.98. The largest absolute Gasteiger partial charge is 0.302 e. The highest BCUT2D eigenvalue weighted by Crippen LogP contribution is 2.31. The molecule has 0 aliphatic heterocycles. The normalized spacial score (nSPS) is 11.2. The third kappa shape index (κ3) is 3.85. The van der Waals surface area contributed by atoms with Crippen LogP contribution in [0.25, 0.3) is 22.0 Å². The quantitative estimate of drug-likeness (QED) is 0.361. The van der Waals surface area contributed by atoms with Gasteiger partial charge in [0.25, 0.3) is 0 Å². The molecule has 4 aromatic rings. The van der Waals surface area contributed by atoms with E-state index in [0.717, 1.165) is 39.5 Å². The predicted octanol–water partition coefficient (Wildman–Crippen LogP) is 6.06. The highest BCUT2D eigenvalue weighted by Gasteiger charge is 2.15. The molecule has 27 heavy (non-hydrogen) atoms. The molecule has 0 saturated heterocycles. The fraction of sp³-hybridized carbons (Fsp3) is 0.250. The van der Waals surface area contributed by atoms with Gasteiger partial charge >= 0.3 is 0 Å². The first-order chi connectivity index (χ1) is 13.2. The third-order valence-corrected chi connectivity index (χ3v) is 7.08. The van der Waals surface area contributed by atoms with Gasteiger partial charge in [0.15, 0.2) is 11.0 Å². The van der Waals surface area contributed by atoms with Crippen molar-refractivity contribution in [3.05, 3.63) is 57.2 Å². The number of aryl methyl sites for hydroxylation is 2. The lowest BCUT2D eigenvalue weighted by Crippen LogP contribution is -1.99. The van der Waals surface area contributed by atoms with Crippen LogP contribution in [0.15, 0.2) is 46.2 Å². The van der Waals surface area contributed by atoms with Crippen LogP contribution in [0.4, 0.5) is 0 Å². The van der Waals surface area contributed by atoms with Crippen LogP contribution >= 0.6 is 34.4 Å². The van der Waals surface area contributed by atoms with E-state index in [-0.39, 0.29) is 0 Å². The van der Waals surface area contributed by atoms with Crippen molar-refractivity contribution in [2.45, 2.75) is 38.2 Å². The second-order valence-corrected chi connectivity index (χ2v) is 9.16. The standard InChI is InChI=1S/C20H20N4S3/c1-4-24-18(15-9-14(3)25-10-15)22-23-20(24)27-12-16-11-26-19(21-16)17-8-6-5-7-13(17)2/h5-11H,4,12H2,1-3H3. The van der Waals surface area contributed by atoms with Crippen LogP contribution in [0.1, 0.15) is 23.1 Å². The summed E-state index contributed by atoms with van der Waals surface area (Å²) in [5.74, 6) is 1.74. The molecule has 0 saturated carbocycles. The Morgan fingerprint density at radius 2 is 1.93 bits per heavy atom. The summed E-state index contributed by atoms with van der Waals surface area (Å²) in [6.45, 7) is 7.23. The van der Waals surface area contributed by atoms with E-state index in [2.05, 4.69) is 76.6 Å². The summed E-state index contributed by atoms with van der Waals surface area (Å²) in [6.07, 6.45) is 0. The minimum absolute atomic E-state index is 0.795. The van der Waals surface area contributed by atoms with E-state index in [0.29, 0.717) is 0 Å². The Morgan fingerprint density at radius 3 is 2.67 bits per heavy atom. The highest BCUT2D eigenvalue weighted by atomic mass is 32.2. The van der Waals surface area contributed by atoms with Crippen molar-refractivity contribution in [3.8, 4) is 22.0 Å². The van der Waals surface area contributed by atoms with Crippen molar-refractivity contribution in [2.75, 3.05) is 0 Å². The van der Waals surface area contributed by atoms with Crippen molar-refractivity contribution >= 4 is 34.4 Å². The second kappa shape index (κ2) is 7.96. The van der Waals surface area contributed by atoms with E-state index in [1.165, 1.54) is 16.0 Å². The van der Waals surface area contributed by atoms with Crippen LogP contribution in [-0.4, -0.2) is 19.7 Å². The van der Waals surface area contributed by atoms with Gasteiger partial charge in [-0.25, -0.2) is 4.98 Å². The first-order valence-corrected chi connectivity index (χ1v) is 11.5. The van der Waals surface area contributed by atoms with Gasteiger partial charge in [-0.3, -0.25) is 0 Å². The third-order valence-electron chi connectivity index (χ3n) is 4.30. The first kappa shape index (κ1) is 18.4. The van der Waals surface area contributed by atoms with Gasteiger partial charge in [0.2, 0.25) is 0 Å². The van der Waals surface area contributed by atoms with E-state index >= 15 is 0 Å². The summed E-state index contributed by atoms with van der Waals surface area (Å²) in [6, 6.07) is 10.6. The number of hydrogen-bond donors (Lipinski definition) is 0. The van der Waals surface area contributed by atoms with Crippen molar-refractivity contribution in [1.82, 2.24) is 19.7 Å². The predicted molar refractivity (Wildman–Crippen MR) is 116 cm³/mol. The fourth-order valence-corrected chi connectivity index (χ4v) is 5.49. The molecular formula is C20H20N4S3. The summed E-state index contributed by atoms with van der Waals surface area (Å²) in [7, 11) is 0. The van der Waals surface area contributed by atoms with E-state index in [9.17, 15) is 0 Å². The summed E-state index contributed by atoms with van der Waals surface area (Å²) in [5.41, 5.74) is 4.70. The number of rotatable bonds is 6. The van der Waals surface area contributed by atoms with Crippen LogP contribution < -0.4 is 0 Å². The molecule has 3 aromatic heterocycles. The lowest BCUT2D eigenvalue weighted by Gasteiger charge is -2.05. The summed E-state index contributed by atoms with van der Waals surface area (Å²) < 4.78 is 2.18. The number of thioether (sulfide) groups is 1. The number of hydrogen-bond acceptors (Lipinski definition) is 6. The lowest BCUT2D eigenvalue weighted by molar-refractivity contribution is 0.687. The average molecular weight is 413 g/mol. The van der Waals surface area contributed by atoms with E-state index in [4.69, 9.17) is 4.98 Å². The number of benzene rings is 1. The van der Waals surface area contributed by atoms with Crippen molar-refractivity contribution < 1.29 is 0 Å². The summed E-state index contributed by atoms with van der Waals surface area (Å²) >= 11 is 5.14. The lowest BCUT2D eigenvalue weighted by atomic mass is 10.1. The minimum atomic E-state index is 0.795. The maximum Gasteiger partial charge on any atom is 0.191 e. The molecule has 138 valence electrons. The maximum absolute atomic E-state index is 4.82. The first-order valence-electron chi connectivity index (χ1n) is 8.77. The smallest absolute Gasteiger partial charge is 0.191 e. The zero-order valence-electron chi connectivity index (χ0n) is 15.5. The Hall–Kier alpha value is -1.96. The van der Waals surface area contributed by atoms with Crippen molar-refractivity contribution in [2.24, 2.45) is 0 Å². The van der Waals surface area contributed by atoms with Crippen LogP contribution in [0.3, 0.4) is 0 Å². The van der Waals surface area contributed by atoms with Gasteiger partial charge < -0.3 is 4.57 Å². The molecule has 4 rings (SSSR count). The van der Waals surface area contributed by atoms with Gasteiger partial charge in [-0.1, -0.05) is 36.0 Å². The molecule has 7 heteroatoms. The maximum atomic E-state index is 4.82. The van der Waals surface area contributed by atoms with Gasteiger partial charge in [-0.2, -0.15) is 0 Å². The molecule has 3 heterocycles. The second-order valence-electron chi connectivity index (χ2n) is 6.24. The summed E-state index contributed by atoms with van der Waals surface area (Å²) in [5, 5.41) is 15.2. The molecule has 0 N–H and O–H groups in total. The monoisotopic (exact) mass is 412 g/mol. The minimum Gasteiger partial charge on any atom is -0.302 e. The van der Waals surface area contributed by atoms with Crippen LogP contribution in [-0.2, 0) is 12.3 Å². The summed E-state index contributed by atoms with van der Waals surface area (Å²) in [4.78, 5) is 6.11. The zero-order chi connectivity index (χ0) is 18.8. The molecule has 0 aliphatic rings. The molecule has 1 aromatic carbocycles. The molecule has 4 nitrogen and oxygen atoms in total. The van der Waals surface area contributed by atoms with E-state index in [1.807, 2.05) is 0 Å². The van der Waals surface area contributed by atoms with E-state index < -0.39 is 0 Å². The van der Waals surface area contributed by atoms with Gasteiger partial charge in [0, 0.05) is 39.1 Å². The van der Waals surface area contributed by atoms with Gasteiger partial charge in [-0.05, 0) is 32.4 Å². The van der Waals surface area contributed by atoms with Crippen molar-refractivity contribution in [3.63, 3.8) is 0 Å². The van der Waals surface area contributed by atoms with Crippen LogP contribution in [0.2, 0.25) is 0 Å². The Bertz CT molecular complexity index is 1060. The zero-order valence-corrected chi connectivity index (χ0v) is 17.9. The molecule has 0 aliphatic carbocycles. The fourth-order valence-electron chi connectivity index (χ4n) is 2.90. The molecule has 0 bridgehead atoms. The Labute approximate surface area is 171 Å². The van der Waals surface area contributed by atoms with Crippen LogP contribution in [0, 0.1) is 13.8 Å². The molecule has 0 unspecified atom stereocenters. The van der Waals surface area contributed by atoms with Crippen LogP contribution in [0.5, 0.6) is 0 Å². The van der Waals surface area contributed by atoms with Gasteiger partial charge in [0.1, 0.15) is 5.01 Å². The SMILES string of the molecule is CCn1c(SCc2csc(-c3ccccc3C)n2)nnc1-c1csc(C)c1. The molecule has 0 amide bonds. The number of aromatic nitrogens is 4. The van der Waals surface area contributed by atoms with Gasteiger partial charge in [-0.15, -0.1) is 32.9 Å². The average Bonchev–Trinajstić information content (AvgIpc) is 3.39. The molecular weight excluding hydrogens is 392 g/mol. The number of thiazole rings is 1. The Balaban J connectivity index is 1.51. The number of thiophene rings is 1. The number of nitrogens with zero attached hydrogens (tertiary/aromatic N) is 4. The molecule has 0 atom stereocenters. The molecule has 0 radical (unpaired) electrons. The van der Waals surface area contributed by atoms with Gasteiger partial charge in [0.05, 0.1) is 5.69 Å². The molecule has 0 spiro atoms. The molecule has 0 fully saturated rings. The Kier molecular flexibility index (Phi) is 5.43. The topological polar surface area (TPSA) is 43.6 Å². The van der Waals surface area contributed by atoms with E-state index in [1.54, 1.807) is 34.4 Å². The Morgan fingerprint density at radius 1 is 1.07 bits per heavy atom.